The van der Waals surface area contributed by atoms with Crippen LogP contribution in [0.5, 0.6) is 0 Å². The van der Waals surface area contributed by atoms with Crippen LogP contribution in [0.25, 0.3) is 0 Å². The molecule has 1 saturated heterocycles. The van der Waals surface area contributed by atoms with Gasteiger partial charge in [0.2, 0.25) is 5.91 Å². The SMILES string of the molecule is O=C(CCl)N1CC(COC(F)F)C1. The van der Waals surface area contributed by atoms with Gasteiger partial charge in [-0.3, -0.25) is 4.79 Å². The number of nitrogens with zero attached hydrogens (tertiary/aromatic N) is 1. The van der Waals surface area contributed by atoms with Gasteiger partial charge < -0.3 is 9.64 Å². The van der Waals surface area contributed by atoms with Gasteiger partial charge in [0, 0.05) is 19.0 Å². The maximum atomic E-state index is 11.6. The van der Waals surface area contributed by atoms with Gasteiger partial charge in [-0.25, -0.2) is 0 Å². The zero-order valence-electron chi connectivity index (χ0n) is 6.88. The number of amides is 1. The number of carbonyl (C=O) groups excluding carboxylic acids is 1. The summed E-state index contributed by atoms with van der Waals surface area (Å²) in [6.07, 6.45) is 0. The third-order valence-corrected chi connectivity index (χ3v) is 2.11. The minimum Gasteiger partial charge on any atom is -0.341 e. The molecule has 1 amide bonds. The van der Waals surface area contributed by atoms with Crippen LogP contribution >= 0.6 is 11.6 Å². The fourth-order valence-corrected chi connectivity index (χ4v) is 1.34. The average Bonchev–Trinajstić information content (AvgIpc) is 2.00. The minimum absolute atomic E-state index is 0.00370. The summed E-state index contributed by atoms with van der Waals surface area (Å²) >= 11 is 5.29. The van der Waals surface area contributed by atoms with E-state index in [1.54, 1.807) is 0 Å². The lowest BCUT2D eigenvalue weighted by Gasteiger charge is -2.38. The van der Waals surface area contributed by atoms with Crippen LogP contribution in [0.2, 0.25) is 0 Å². The summed E-state index contributed by atoms with van der Waals surface area (Å²) in [4.78, 5) is 12.4. The van der Waals surface area contributed by atoms with E-state index in [0.29, 0.717) is 13.1 Å². The molecule has 0 bridgehead atoms. The molecule has 1 aliphatic heterocycles. The zero-order chi connectivity index (χ0) is 9.84. The van der Waals surface area contributed by atoms with Gasteiger partial charge in [0.15, 0.2) is 0 Å². The van der Waals surface area contributed by atoms with E-state index in [9.17, 15) is 13.6 Å². The molecule has 6 heteroatoms. The molecule has 1 rings (SSSR count). The van der Waals surface area contributed by atoms with E-state index in [1.807, 2.05) is 0 Å². The second-order valence-electron chi connectivity index (χ2n) is 2.89. The molecule has 0 aromatic carbocycles. The quantitative estimate of drug-likeness (QED) is 0.650. The maximum absolute atomic E-state index is 11.6. The van der Waals surface area contributed by atoms with E-state index < -0.39 is 6.61 Å². The van der Waals surface area contributed by atoms with Crippen LogP contribution < -0.4 is 0 Å². The van der Waals surface area contributed by atoms with E-state index in [1.165, 1.54) is 4.90 Å². The van der Waals surface area contributed by atoms with Crippen LogP contribution in [0.1, 0.15) is 0 Å². The van der Waals surface area contributed by atoms with Gasteiger partial charge in [-0.05, 0) is 0 Å². The molecule has 13 heavy (non-hydrogen) atoms. The Morgan fingerprint density at radius 3 is 2.69 bits per heavy atom. The number of rotatable bonds is 4. The number of halogens is 3. The number of likely N-dealkylation sites (tertiary alicyclic amines) is 1. The largest absolute Gasteiger partial charge is 0.345 e. The molecule has 0 unspecified atom stereocenters. The van der Waals surface area contributed by atoms with E-state index >= 15 is 0 Å². The van der Waals surface area contributed by atoms with Crippen LogP contribution in [0, 0.1) is 5.92 Å². The second kappa shape index (κ2) is 4.72. The minimum atomic E-state index is -2.72. The van der Waals surface area contributed by atoms with Crippen molar-refractivity contribution in [1.82, 2.24) is 4.90 Å². The molecule has 0 spiro atoms. The van der Waals surface area contributed by atoms with Crippen molar-refractivity contribution in [3.8, 4) is 0 Å². The first kappa shape index (κ1) is 10.7. The molecular formula is C7H10ClF2NO2. The van der Waals surface area contributed by atoms with Gasteiger partial charge in [-0.15, -0.1) is 11.6 Å². The monoisotopic (exact) mass is 213 g/mol. The van der Waals surface area contributed by atoms with Gasteiger partial charge >= 0.3 is 6.61 Å². The summed E-state index contributed by atoms with van der Waals surface area (Å²) < 4.78 is 27.2. The van der Waals surface area contributed by atoms with Crippen molar-refractivity contribution in [2.45, 2.75) is 6.61 Å². The topological polar surface area (TPSA) is 29.5 Å². The Balaban J connectivity index is 2.08. The van der Waals surface area contributed by atoms with Crippen molar-refractivity contribution in [2.24, 2.45) is 5.92 Å². The summed E-state index contributed by atoms with van der Waals surface area (Å²) in [5.74, 6) is -0.182. The smallest absolute Gasteiger partial charge is 0.341 e. The van der Waals surface area contributed by atoms with Crippen molar-refractivity contribution in [1.29, 1.82) is 0 Å². The molecule has 1 heterocycles. The van der Waals surface area contributed by atoms with Gasteiger partial charge in [0.1, 0.15) is 5.88 Å². The zero-order valence-corrected chi connectivity index (χ0v) is 7.64. The Hall–Kier alpha value is -0.420. The Labute approximate surface area is 79.6 Å². The van der Waals surface area contributed by atoms with Crippen LogP contribution in [0.15, 0.2) is 0 Å². The van der Waals surface area contributed by atoms with Gasteiger partial charge in [-0.1, -0.05) is 0 Å². The lowest BCUT2D eigenvalue weighted by Crippen LogP contribution is -2.52. The van der Waals surface area contributed by atoms with Crippen molar-refractivity contribution in [3.05, 3.63) is 0 Å². The molecule has 0 aromatic rings. The second-order valence-corrected chi connectivity index (χ2v) is 3.16. The summed E-state index contributed by atoms with van der Waals surface area (Å²) in [5, 5.41) is 0. The van der Waals surface area contributed by atoms with Crippen LogP contribution in [-0.2, 0) is 9.53 Å². The van der Waals surface area contributed by atoms with Crippen LogP contribution in [-0.4, -0.2) is 43.0 Å². The first-order valence-corrected chi connectivity index (χ1v) is 4.40. The third-order valence-electron chi connectivity index (χ3n) is 1.88. The molecule has 1 aliphatic rings. The summed E-state index contributed by atoms with van der Waals surface area (Å²) in [6, 6.07) is 0. The van der Waals surface area contributed by atoms with Crippen molar-refractivity contribution < 1.29 is 18.3 Å². The number of hydrogen-bond donors (Lipinski definition) is 0. The van der Waals surface area contributed by atoms with E-state index in [0.717, 1.165) is 0 Å². The highest BCUT2D eigenvalue weighted by Crippen LogP contribution is 2.17. The molecule has 0 atom stereocenters. The predicted molar refractivity (Wildman–Crippen MR) is 42.7 cm³/mol. The predicted octanol–water partition coefficient (Wildman–Crippen LogP) is 0.923. The Kier molecular flexibility index (Phi) is 3.87. The molecular weight excluding hydrogens is 204 g/mol. The average molecular weight is 214 g/mol. The molecule has 0 saturated carbocycles. The number of ether oxygens (including phenoxy) is 1. The number of carbonyl (C=O) groups is 1. The molecule has 0 aliphatic carbocycles. The molecule has 1 fully saturated rings. The van der Waals surface area contributed by atoms with Gasteiger partial charge in [-0.2, -0.15) is 8.78 Å². The lowest BCUT2D eigenvalue weighted by atomic mass is 10.0. The van der Waals surface area contributed by atoms with Crippen LogP contribution in [0.3, 0.4) is 0 Å². The number of hydrogen-bond acceptors (Lipinski definition) is 2. The van der Waals surface area contributed by atoms with Crippen molar-refractivity contribution in [2.75, 3.05) is 25.6 Å². The molecule has 0 aromatic heterocycles. The molecule has 76 valence electrons. The normalized spacial score (nSPS) is 17.7. The van der Waals surface area contributed by atoms with Crippen molar-refractivity contribution >= 4 is 17.5 Å². The Morgan fingerprint density at radius 2 is 2.23 bits per heavy atom. The third kappa shape index (κ3) is 3.08. The first-order chi connectivity index (χ1) is 6.13. The molecule has 0 radical (unpaired) electrons. The fourth-order valence-electron chi connectivity index (χ4n) is 1.17. The lowest BCUT2D eigenvalue weighted by molar-refractivity contribution is -0.156. The molecule has 3 nitrogen and oxygen atoms in total. The Morgan fingerprint density at radius 1 is 1.62 bits per heavy atom. The first-order valence-electron chi connectivity index (χ1n) is 3.87. The van der Waals surface area contributed by atoms with Gasteiger partial charge in [0.25, 0.3) is 0 Å². The van der Waals surface area contributed by atoms with E-state index in [-0.39, 0.29) is 24.3 Å². The summed E-state index contributed by atoms with van der Waals surface area (Å²) in [6.45, 7) is -1.78. The summed E-state index contributed by atoms with van der Waals surface area (Å²) in [7, 11) is 0. The highest BCUT2D eigenvalue weighted by atomic mass is 35.5. The number of alkyl halides is 3. The van der Waals surface area contributed by atoms with E-state index in [2.05, 4.69) is 4.74 Å². The van der Waals surface area contributed by atoms with Crippen molar-refractivity contribution in [3.63, 3.8) is 0 Å². The highest BCUT2D eigenvalue weighted by molar-refractivity contribution is 6.27. The standard InChI is InChI=1S/C7H10ClF2NO2/c8-1-6(12)11-2-5(3-11)4-13-7(9)10/h5,7H,1-4H2. The van der Waals surface area contributed by atoms with Gasteiger partial charge in [0.05, 0.1) is 6.61 Å². The van der Waals surface area contributed by atoms with Crippen LogP contribution in [0.4, 0.5) is 8.78 Å². The Bertz CT molecular complexity index is 185. The fraction of sp³-hybridized carbons (Fsp3) is 0.857. The highest BCUT2D eigenvalue weighted by Gasteiger charge is 2.30. The molecule has 0 N–H and O–H groups in total. The van der Waals surface area contributed by atoms with E-state index in [4.69, 9.17) is 11.6 Å². The summed E-state index contributed by atoms with van der Waals surface area (Å²) in [5.41, 5.74) is 0. The maximum Gasteiger partial charge on any atom is 0.345 e.